The summed E-state index contributed by atoms with van der Waals surface area (Å²) in [5.74, 6) is -0.280. The van der Waals surface area contributed by atoms with Crippen LogP contribution in [0.15, 0.2) is 60.0 Å². The zero-order valence-electron chi connectivity index (χ0n) is 19.2. The molecule has 0 aromatic carbocycles. The summed E-state index contributed by atoms with van der Waals surface area (Å²) in [6, 6.07) is 3.70. The molecule has 0 unspecified atom stereocenters. The molecule has 0 spiro atoms. The van der Waals surface area contributed by atoms with E-state index in [0.717, 1.165) is 29.5 Å². The molecule has 1 amide bonds. The maximum absolute atomic E-state index is 13.5. The summed E-state index contributed by atoms with van der Waals surface area (Å²) in [5.41, 5.74) is 0.590. The van der Waals surface area contributed by atoms with Crippen molar-refractivity contribution in [2.45, 2.75) is 25.9 Å². The maximum Gasteiger partial charge on any atom is 0.433 e. The van der Waals surface area contributed by atoms with Crippen molar-refractivity contribution in [3.63, 3.8) is 0 Å². The first-order valence-corrected chi connectivity index (χ1v) is 11.3. The van der Waals surface area contributed by atoms with Gasteiger partial charge in [-0.25, -0.2) is 9.67 Å². The molecular weight excluding hydrogens is 463 g/mol. The predicted octanol–water partition coefficient (Wildman–Crippen LogP) is 4.12. The number of allylic oxidation sites excluding steroid dienone is 3. The van der Waals surface area contributed by atoms with Crippen molar-refractivity contribution in [1.82, 2.24) is 19.7 Å². The van der Waals surface area contributed by atoms with Crippen LogP contribution in [0.1, 0.15) is 25.5 Å². The number of nitrogens with one attached hydrogen (secondary N) is 1. The molecule has 1 aliphatic heterocycles. The summed E-state index contributed by atoms with van der Waals surface area (Å²) in [6.07, 6.45) is 5.30. The second kappa shape index (κ2) is 10.8. The van der Waals surface area contributed by atoms with E-state index >= 15 is 0 Å². The first kappa shape index (κ1) is 24.5. The first-order chi connectivity index (χ1) is 16.8. The number of anilines is 1. The van der Waals surface area contributed by atoms with E-state index in [-0.39, 0.29) is 29.9 Å². The highest BCUT2D eigenvalue weighted by Crippen LogP contribution is 2.33. The molecule has 3 heterocycles. The summed E-state index contributed by atoms with van der Waals surface area (Å²) in [5, 5.41) is 6.62. The van der Waals surface area contributed by atoms with E-state index in [1.165, 1.54) is 18.3 Å². The lowest BCUT2D eigenvalue weighted by molar-refractivity contribution is -0.142. The standard InChI is InChI=1S/C24H26F3N5O3/c1-2-11-35-22-15-20(24(25,26)27)32(30-22)19-7-8-21(28-16-19)29-23(33)17-5-3-4-6-18(14-17)31-9-12-34-13-10-31/h3-5,7-8,14-16H,2,6,9-13H2,1H3,(H,28,29,33). The Bertz CT molecular complexity index is 1130. The molecule has 186 valence electrons. The minimum Gasteiger partial charge on any atom is -0.477 e. The first-order valence-electron chi connectivity index (χ1n) is 11.3. The van der Waals surface area contributed by atoms with Crippen molar-refractivity contribution in [2.24, 2.45) is 0 Å². The molecule has 1 fully saturated rings. The maximum atomic E-state index is 13.5. The lowest BCUT2D eigenvalue weighted by Gasteiger charge is -2.30. The van der Waals surface area contributed by atoms with E-state index < -0.39 is 11.9 Å². The Morgan fingerprint density at radius 3 is 2.74 bits per heavy atom. The van der Waals surface area contributed by atoms with Gasteiger partial charge in [-0.1, -0.05) is 19.1 Å². The van der Waals surface area contributed by atoms with Gasteiger partial charge < -0.3 is 19.7 Å². The van der Waals surface area contributed by atoms with Gasteiger partial charge in [-0.3, -0.25) is 4.79 Å². The third-order valence-electron chi connectivity index (χ3n) is 5.41. The summed E-state index contributed by atoms with van der Waals surface area (Å²) >= 11 is 0. The molecule has 2 aliphatic rings. The van der Waals surface area contributed by atoms with Gasteiger partial charge in [0.05, 0.1) is 31.7 Å². The number of rotatable bonds is 7. The average molecular weight is 489 g/mol. The van der Waals surface area contributed by atoms with Gasteiger partial charge in [0, 0.05) is 36.8 Å². The Hall–Kier alpha value is -3.60. The Morgan fingerprint density at radius 1 is 1.26 bits per heavy atom. The van der Waals surface area contributed by atoms with Crippen LogP contribution >= 0.6 is 0 Å². The Kier molecular flexibility index (Phi) is 7.54. The zero-order chi connectivity index (χ0) is 24.8. The van der Waals surface area contributed by atoms with E-state index in [1.807, 2.05) is 25.2 Å². The number of pyridine rings is 1. The van der Waals surface area contributed by atoms with Gasteiger partial charge in [0.1, 0.15) is 5.82 Å². The smallest absolute Gasteiger partial charge is 0.433 e. The van der Waals surface area contributed by atoms with Crippen LogP contribution in [-0.2, 0) is 15.7 Å². The zero-order valence-corrected chi connectivity index (χ0v) is 19.2. The van der Waals surface area contributed by atoms with Crippen molar-refractivity contribution in [1.29, 1.82) is 0 Å². The largest absolute Gasteiger partial charge is 0.477 e. The third kappa shape index (κ3) is 6.10. The normalized spacial score (nSPS) is 16.4. The molecule has 11 heteroatoms. The van der Waals surface area contributed by atoms with Gasteiger partial charge in [-0.2, -0.15) is 13.2 Å². The molecule has 2 aromatic rings. The minimum atomic E-state index is -4.63. The van der Waals surface area contributed by atoms with Crippen LogP contribution in [0.5, 0.6) is 5.88 Å². The van der Waals surface area contributed by atoms with E-state index in [4.69, 9.17) is 9.47 Å². The summed E-state index contributed by atoms with van der Waals surface area (Å²) in [6.45, 7) is 4.90. The molecule has 0 radical (unpaired) electrons. The lowest BCUT2D eigenvalue weighted by atomic mass is 10.1. The topological polar surface area (TPSA) is 81.5 Å². The fourth-order valence-electron chi connectivity index (χ4n) is 3.67. The molecule has 35 heavy (non-hydrogen) atoms. The minimum absolute atomic E-state index is 0.0905. The molecule has 0 saturated carbocycles. The highest BCUT2D eigenvalue weighted by molar-refractivity contribution is 6.05. The molecule has 1 N–H and O–H groups in total. The second-order valence-corrected chi connectivity index (χ2v) is 7.97. The van der Waals surface area contributed by atoms with Crippen LogP contribution < -0.4 is 10.1 Å². The van der Waals surface area contributed by atoms with E-state index in [1.54, 1.807) is 6.08 Å². The number of amides is 1. The van der Waals surface area contributed by atoms with Crippen molar-refractivity contribution in [2.75, 3.05) is 38.2 Å². The third-order valence-corrected chi connectivity index (χ3v) is 5.41. The van der Waals surface area contributed by atoms with Crippen molar-refractivity contribution < 1.29 is 27.4 Å². The summed E-state index contributed by atoms with van der Waals surface area (Å²) < 4.78 is 51.9. The van der Waals surface area contributed by atoms with Gasteiger partial charge in [-0.05, 0) is 30.7 Å². The molecule has 0 atom stereocenters. The number of alkyl halides is 3. The van der Waals surface area contributed by atoms with Crippen LogP contribution in [0.4, 0.5) is 19.0 Å². The van der Waals surface area contributed by atoms with Gasteiger partial charge in [0.2, 0.25) is 5.88 Å². The van der Waals surface area contributed by atoms with Crippen LogP contribution in [0.3, 0.4) is 0 Å². The number of carbonyl (C=O) groups is 1. The highest BCUT2D eigenvalue weighted by atomic mass is 19.4. The Balaban J connectivity index is 1.49. The second-order valence-electron chi connectivity index (χ2n) is 7.97. The number of ether oxygens (including phenoxy) is 2. The number of hydrogen-bond acceptors (Lipinski definition) is 6. The van der Waals surface area contributed by atoms with Crippen molar-refractivity contribution in [3.8, 4) is 11.6 Å². The van der Waals surface area contributed by atoms with E-state index in [9.17, 15) is 18.0 Å². The van der Waals surface area contributed by atoms with E-state index in [0.29, 0.717) is 31.6 Å². The molecule has 2 aromatic heterocycles. The fraction of sp³-hybridized carbons (Fsp3) is 0.375. The lowest BCUT2D eigenvalue weighted by Crippen LogP contribution is -2.35. The van der Waals surface area contributed by atoms with Gasteiger partial charge in [-0.15, -0.1) is 5.10 Å². The number of morpholine rings is 1. The molecule has 1 aliphatic carbocycles. The van der Waals surface area contributed by atoms with Crippen LogP contribution in [0.2, 0.25) is 0 Å². The molecular formula is C24H26F3N5O3. The van der Waals surface area contributed by atoms with Gasteiger partial charge >= 0.3 is 6.18 Å². The quantitative estimate of drug-likeness (QED) is 0.630. The highest BCUT2D eigenvalue weighted by Gasteiger charge is 2.37. The van der Waals surface area contributed by atoms with Gasteiger partial charge in [0.15, 0.2) is 5.69 Å². The van der Waals surface area contributed by atoms with Crippen molar-refractivity contribution in [3.05, 3.63) is 65.7 Å². The fourth-order valence-corrected chi connectivity index (χ4v) is 3.67. The number of aromatic nitrogens is 3. The number of nitrogens with zero attached hydrogens (tertiary/aromatic N) is 4. The van der Waals surface area contributed by atoms with Gasteiger partial charge in [0.25, 0.3) is 5.91 Å². The van der Waals surface area contributed by atoms with E-state index in [2.05, 4.69) is 20.3 Å². The molecule has 0 bridgehead atoms. The average Bonchev–Trinajstić information content (AvgIpc) is 3.14. The van der Waals surface area contributed by atoms with Crippen LogP contribution in [-0.4, -0.2) is 58.5 Å². The number of halogens is 3. The number of hydrogen-bond donors (Lipinski definition) is 1. The summed E-state index contributed by atoms with van der Waals surface area (Å²) in [4.78, 5) is 19.2. The van der Waals surface area contributed by atoms with Crippen LogP contribution in [0.25, 0.3) is 5.69 Å². The molecule has 1 saturated heterocycles. The Labute approximate surface area is 200 Å². The Morgan fingerprint density at radius 2 is 2.06 bits per heavy atom. The number of carbonyl (C=O) groups excluding carboxylic acids is 1. The van der Waals surface area contributed by atoms with Crippen molar-refractivity contribution >= 4 is 11.7 Å². The summed E-state index contributed by atoms with van der Waals surface area (Å²) in [7, 11) is 0. The molecule has 8 nitrogen and oxygen atoms in total. The van der Waals surface area contributed by atoms with Crippen LogP contribution in [0, 0.1) is 0 Å². The SMILES string of the molecule is CCCOc1cc(C(F)(F)F)n(-c2ccc(NC(=O)C3=CC=CCC(N4CCOCC4)=C3)nc2)n1. The molecule has 4 rings (SSSR count). The monoisotopic (exact) mass is 489 g/mol. The predicted molar refractivity (Wildman–Crippen MR) is 123 cm³/mol.